The first kappa shape index (κ1) is 21.6. The Balaban J connectivity index is 1.59. The largest absolute Gasteiger partial charge is 0.486 e. The highest BCUT2D eigenvalue weighted by atomic mass is 32.2. The molecule has 0 radical (unpaired) electrons. The number of rotatable bonds is 9. The van der Waals surface area contributed by atoms with Crippen molar-refractivity contribution in [2.24, 2.45) is 0 Å². The number of nitrogens with two attached hydrogens (primary N) is 1. The summed E-state index contributed by atoms with van der Waals surface area (Å²) in [7, 11) is 0. The molecule has 3 rings (SSSR count). The molecule has 0 spiro atoms. The van der Waals surface area contributed by atoms with Gasteiger partial charge in [0, 0.05) is 13.1 Å². The quantitative estimate of drug-likeness (QED) is 0.415. The number of thioether (sulfide) groups is 1. The second-order valence-electron chi connectivity index (χ2n) is 6.61. The van der Waals surface area contributed by atoms with Crippen molar-refractivity contribution in [2.75, 3.05) is 12.4 Å². The van der Waals surface area contributed by atoms with Crippen molar-refractivity contribution >= 4 is 17.7 Å². The van der Waals surface area contributed by atoms with Gasteiger partial charge in [0.1, 0.15) is 18.2 Å². The first-order valence-corrected chi connectivity index (χ1v) is 10.4. The number of amides is 1. The van der Waals surface area contributed by atoms with Gasteiger partial charge >= 0.3 is 0 Å². The van der Waals surface area contributed by atoms with Crippen LogP contribution >= 0.6 is 11.8 Å². The van der Waals surface area contributed by atoms with Gasteiger partial charge < -0.3 is 15.5 Å². The van der Waals surface area contributed by atoms with Crippen molar-refractivity contribution in [3.63, 3.8) is 0 Å². The van der Waals surface area contributed by atoms with E-state index in [-0.39, 0.29) is 23.6 Å². The van der Waals surface area contributed by atoms with E-state index in [1.807, 2.05) is 44.2 Å². The Bertz CT molecular complexity index is 965. The first-order chi connectivity index (χ1) is 14.5. The fraction of sp³-hybridized carbons (Fsp3) is 0.286. The van der Waals surface area contributed by atoms with Gasteiger partial charge in [0.15, 0.2) is 5.82 Å². The van der Waals surface area contributed by atoms with Crippen LogP contribution in [-0.2, 0) is 17.9 Å². The smallest absolute Gasteiger partial charge is 0.236 e. The molecule has 30 heavy (non-hydrogen) atoms. The van der Waals surface area contributed by atoms with Crippen LogP contribution in [0.4, 0.5) is 4.39 Å². The van der Waals surface area contributed by atoms with Crippen LogP contribution in [0.15, 0.2) is 59.8 Å². The van der Waals surface area contributed by atoms with Crippen molar-refractivity contribution in [1.82, 2.24) is 19.8 Å². The summed E-state index contributed by atoms with van der Waals surface area (Å²) in [5.74, 6) is 6.64. The molecule has 0 fully saturated rings. The van der Waals surface area contributed by atoms with Crippen LogP contribution in [0, 0.1) is 5.82 Å². The fourth-order valence-electron chi connectivity index (χ4n) is 2.78. The molecule has 3 aromatic rings. The van der Waals surface area contributed by atoms with Gasteiger partial charge in [-0.15, -0.1) is 10.2 Å². The zero-order chi connectivity index (χ0) is 21.5. The van der Waals surface area contributed by atoms with Crippen LogP contribution in [0.3, 0.4) is 0 Å². The van der Waals surface area contributed by atoms with E-state index in [1.54, 1.807) is 4.90 Å². The lowest BCUT2D eigenvalue weighted by atomic mass is 10.2. The highest BCUT2D eigenvalue weighted by Crippen LogP contribution is 2.23. The third-order valence-corrected chi connectivity index (χ3v) is 5.50. The van der Waals surface area contributed by atoms with Gasteiger partial charge in [0.2, 0.25) is 11.1 Å². The number of ether oxygens (including phenoxy) is 1. The Morgan fingerprint density at radius 3 is 2.57 bits per heavy atom. The Morgan fingerprint density at radius 2 is 1.90 bits per heavy atom. The van der Waals surface area contributed by atoms with Crippen LogP contribution in [-0.4, -0.2) is 37.5 Å². The zero-order valence-electron chi connectivity index (χ0n) is 16.9. The third-order valence-electron chi connectivity index (χ3n) is 4.46. The standard InChI is InChI=1S/C21H24FN5O2S/c1-3-26(13-16-7-5-4-6-8-16)20(28)15(2)30-21-25-24-19(27(21)23)14-29-18-11-9-17(22)10-12-18/h4-12,15H,3,13-14,23H2,1-2H3. The van der Waals surface area contributed by atoms with Gasteiger partial charge in [-0.2, -0.15) is 0 Å². The number of nitrogen functional groups attached to an aromatic ring is 1. The molecule has 0 saturated carbocycles. The molecule has 0 saturated heterocycles. The van der Waals surface area contributed by atoms with E-state index in [9.17, 15) is 9.18 Å². The predicted octanol–water partition coefficient (Wildman–Crippen LogP) is 3.24. The van der Waals surface area contributed by atoms with Crippen molar-refractivity contribution in [3.8, 4) is 5.75 Å². The Labute approximate surface area is 179 Å². The average molecular weight is 430 g/mol. The van der Waals surface area contributed by atoms with E-state index in [0.717, 1.165) is 5.56 Å². The normalized spacial score (nSPS) is 11.8. The molecule has 0 bridgehead atoms. The van der Waals surface area contributed by atoms with Gasteiger partial charge in [-0.05, 0) is 43.7 Å². The summed E-state index contributed by atoms with van der Waals surface area (Å²) < 4.78 is 19.8. The SMILES string of the molecule is CCN(Cc1ccccc1)C(=O)C(C)Sc1nnc(COc2ccc(F)cc2)n1N. The number of nitrogens with zero attached hydrogens (tertiary/aromatic N) is 4. The van der Waals surface area contributed by atoms with Crippen LogP contribution in [0.25, 0.3) is 0 Å². The summed E-state index contributed by atoms with van der Waals surface area (Å²) in [5.41, 5.74) is 1.08. The van der Waals surface area contributed by atoms with Crippen molar-refractivity contribution in [3.05, 3.63) is 71.8 Å². The van der Waals surface area contributed by atoms with Gasteiger partial charge in [0.05, 0.1) is 5.25 Å². The summed E-state index contributed by atoms with van der Waals surface area (Å²) in [6.45, 7) is 5.00. The summed E-state index contributed by atoms with van der Waals surface area (Å²) in [5, 5.41) is 8.15. The number of carbonyl (C=O) groups excluding carboxylic acids is 1. The summed E-state index contributed by atoms with van der Waals surface area (Å²) in [4.78, 5) is 14.7. The van der Waals surface area contributed by atoms with E-state index in [1.165, 1.54) is 40.7 Å². The molecule has 1 heterocycles. The number of benzene rings is 2. The Kier molecular flexibility index (Phi) is 7.29. The van der Waals surface area contributed by atoms with E-state index >= 15 is 0 Å². The van der Waals surface area contributed by atoms with Crippen LogP contribution in [0.2, 0.25) is 0 Å². The van der Waals surface area contributed by atoms with Crippen LogP contribution in [0.1, 0.15) is 25.2 Å². The summed E-state index contributed by atoms with van der Waals surface area (Å²) in [6.07, 6.45) is 0. The molecular weight excluding hydrogens is 405 g/mol. The van der Waals surface area contributed by atoms with Crippen molar-refractivity contribution in [1.29, 1.82) is 0 Å². The van der Waals surface area contributed by atoms with E-state index in [4.69, 9.17) is 10.6 Å². The minimum absolute atomic E-state index is 0.00142. The predicted molar refractivity (Wildman–Crippen MR) is 114 cm³/mol. The van der Waals surface area contributed by atoms with E-state index < -0.39 is 0 Å². The van der Waals surface area contributed by atoms with E-state index in [0.29, 0.717) is 29.8 Å². The molecule has 1 aromatic heterocycles. The highest BCUT2D eigenvalue weighted by Gasteiger charge is 2.23. The van der Waals surface area contributed by atoms with Gasteiger partial charge in [-0.1, -0.05) is 42.1 Å². The minimum Gasteiger partial charge on any atom is -0.486 e. The number of hydrogen-bond acceptors (Lipinski definition) is 6. The highest BCUT2D eigenvalue weighted by molar-refractivity contribution is 8.00. The minimum atomic E-state index is -0.383. The molecule has 2 N–H and O–H groups in total. The monoisotopic (exact) mass is 429 g/mol. The molecule has 0 aliphatic heterocycles. The maximum Gasteiger partial charge on any atom is 0.236 e. The Morgan fingerprint density at radius 1 is 1.20 bits per heavy atom. The average Bonchev–Trinajstić information content (AvgIpc) is 3.11. The second kappa shape index (κ2) is 10.1. The van der Waals surface area contributed by atoms with Gasteiger partial charge in [0.25, 0.3) is 0 Å². The van der Waals surface area contributed by atoms with Crippen LogP contribution < -0.4 is 10.6 Å². The van der Waals surface area contributed by atoms with Gasteiger partial charge in [-0.25, -0.2) is 9.07 Å². The topological polar surface area (TPSA) is 86.3 Å². The van der Waals surface area contributed by atoms with Crippen molar-refractivity contribution < 1.29 is 13.9 Å². The van der Waals surface area contributed by atoms with Gasteiger partial charge in [-0.3, -0.25) is 4.79 Å². The lowest BCUT2D eigenvalue weighted by molar-refractivity contribution is -0.130. The molecule has 1 unspecified atom stereocenters. The molecule has 1 atom stereocenters. The number of carbonyl (C=O) groups is 1. The molecular formula is C21H24FN5O2S. The summed E-state index contributed by atoms with van der Waals surface area (Å²) >= 11 is 1.25. The fourth-order valence-corrected chi connectivity index (χ4v) is 3.65. The molecule has 0 aliphatic rings. The molecule has 7 nitrogen and oxygen atoms in total. The molecule has 9 heteroatoms. The Hall–Kier alpha value is -3.07. The lowest BCUT2D eigenvalue weighted by Gasteiger charge is -2.24. The molecule has 158 valence electrons. The number of hydrogen-bond donors (Lipinski definition) is 1. The molecule has 0 aliphatic carbocycles. The van der Waals surface area contributed by atoms with E-state index in [2.05, 4.69) is 10.2 Å². The maximum atomic E-state index is 13.0. The second-order valence-corrected chi connectivity index (χ2v) is 7.92. The number of aromatic nitrogens is 3. The third kappa shape index (κ3) is 5.50. The lowest BCUT2D eigenvalue weighted by Crippen LogP contribution is -2.36. The zero-order valence-corrected chi connectivity index (χ0v) is 17.7. The van der Waals surface area contributed by atoms with Crippen molar-refractivity contribution in [2.45, 2.75) is 37.4 Å². The molecule has 1 amide bonds. The summed E-state index contributed by atoms with van der Waals surface area (Å²) in [6, 6.07) is 15.5. The molecule has 2 aromatic carbocycles. The first-order valence-electron chi connectivity index (χ1n) is 9.55. The maximum absolute atomic E-state index is 13.0. The van der Waals surface area contributed by atoms with Crippen LogP contribution in [0.5, 0.6) is 5.75 Å². The number of halogens is 1.